The molecule has 24 heavy (non-hydrogen) atoms. The van der Waals surface area contributed by atoms with Gasteiger partial charge in [0, 0.05) is 12.5 Å². The summed E-state index contributed by atoms with van der Waals surface area (Å²) in [6.07, 6.45) is 12.6. The van der Waals surface area contributed by atoms with Gasteiger partial charge in [-0.05, 0) is 63.2 Å². The predicted octanol–water partition coefficient (Wildman–Crippen LogP) is 5.76. The van der Waals surface area contributed by atoms with Crippen molar-refractivity contribution in [1.29, 1.82) is 0 Å². The minimum atomic E-state index is 0.163. The Balaban J connectivity index is 2.15. The van der Waals surface area contributed by atoms with Gasteiger partial charge >= 0.3 is 0 Å². The molecule has 1 aliphatic heterocycles. The molecule has 0 N–H and O–H groups in total. The Morgan fingerprint density at radius 1 is 1.38 bits per heavy atom. The van der Waals surface area contributed by atoms with E-state index in [0.29, 0.717) is 17.3 Å². The lowest BCUT2D eigenvalue weighted by Crippen LogP contribution is -2.67. The molecule has 2 saturated carbocycles. The lowest BCUT2D eigenvalue weighted by atomic mass is 9.44. The van der Waals surface area contributed by atoms with E-state index in [2.05, 4.69) is 65.5 Å². The molecule has 0 amide bonds. The van der Waals surface area contributed by atoms with Gasteiger partial charge in [0.1, 0.15) is 0 Å². The third kappa shape index (κ3) is 2.02. The minimum absolute atomic E-state index is 0.163. The van der Waals surface area contributed by atoms with Crippen molar-refractivity contribution in [2.45, 2.75) is 84.8 Å². The highest BCUT2D eigenvalue weighted by Crippen LogP contribution is 2.73. The average Bonchev–Trinajstić information content (AvgIpc) is 3.01. The Bertz CT molecular complexity index is 540. The summed E-state index contributed by atoms with van der Waals surface area (Å²) in [7, 11) is 2.22. The van der Waals surface area contributed by atoms with Crippen LogP contribution >= 0.6 is 0 Å². The van der Waals surface area contributed by atoms with Crippen LogP contribution in [0.4, 0.5) is 0 Å². The third-order valence-electron chi connectivity index (χ3n) is 8.30. The van der Waals surface area contributed by atoms with Crippen LogP contribution in [0.3, 0.4) is 0 Å². The molecule has 0 bridgehead atoms. The van der Waals surface area contributed by atoms with E-state index < -0.39 is 0 Å². The highest BCUT2D eigenvalue weighted by Gasteiger charge is 2.75. The van der Waals surface area contributed by atoms with Gasteiger partial charge < -0.3 is 0 Å². The summed E-state index contributed by atoms with van der Waals surface area (Å²) < 4.78 is 0. The Morgan fingerprint density at radius 2 is 2.08 bits per heavy atom. The molecule has 136 valence electrons. The van der Waals surface area contributed by atoms with Crippen molar-refractivity contribution in [3.8, 4) is 0 Å². The van der Waals surface area contributed by atoms with Crippen LogP contribution in [0.15, 0.2) is 24.3 Å². The van der Waals surface area contributed by atoms with Gasteiger partial charge in [-0.2, -0.15) is 5.06 Å². The Morgan fingerprint density at radius 3 is 2.71 bits per heavy atom. The molecular weight excluding hydrogens is 294 g/mol. The third-order valence-corrected chi connectivity index (χ3v) is 8.30. The second-order valence-corrected chi connectivity index (χ2v) is 9.16. The predicted molar refractivity (Wildman–Crippen MR) is 102 cm³/mol. The van der Waals surface area contributed by atoms with E-state index in [0.717, 1.165) is 6.42 Å². The second kappa shape index (κ2) is 5.99. The highest BCUT2D eigenvalue weighted by molar-refractivity contribution is 5.26. The molecule has 0 aromatic carbocycles. The van der Waals surface area contributed by atoms with E-state index in [-0.39, 0.29) is 17.1 Å². The van der Waals surface area contributed by atoms with E-state index in [1.165, 1.54) is 37.7 Å². The maximum Gasteiger partial charge on any atom is 0.0904 e. The summed E-state index contributed by atoms with van der Waals surface area (Å²) in [5, 5.41) is 2.32. The van der Waals surface area contributed by atoms with E-state index in [1.807, 2.05) is 0 Å². The van der Waals surface area contributed by atoms with E-state index in [4.69, 9.17) is 4.84 Å². The maximum absolute atomic E-state index is 6.60. The first kappa shape index (κ1) is 18.2. The zero-order valence-corrected chi connectivity index (χ0v) is 16.7. The van der Waals surface area contributed by atoms with E-state index >= 15 is 0 Å². The Labute approximate surface area is 149 Å². The fraction of sp³-hybridized carbons (Fsp3) is 0.818. The first-order valence-electron chi connectivity index (χ1n) is 9.94. The molecule has 0 aromatic rings. The molecule has 2 nitrogen and oxygen atoms in total. The normalized spacial score (nSPS) is 46.9. The molecule has 6 atom stereocenters. The fourth-order valence-corrected chi connectivity index (χ4v) is 7.09. The van der Waals surface area contributed by atoms with Crippen LogP contribution in [0.1, 0.15) is 73.1 Å². The second-order valence-electron chi connectivity index (χ2n) is 9.16. The quantitative estimate of drug-likeness (QED) is 0.608. The summed E-state index contributed by atoms with van der Waals surface area (Å²) in [4.78, 5) is 6.60. The molecule has 0 radical (unpaired) electrons. The van der Waals surface area contributed by atoms with Crippen LogP contribution in [0.5, 0.6) is 0 Å². The standard InChI is InChI=1S/C22H37NO/c1-8-10-18(5)21-12-9-13-22(21)20(6,17(4)11-14-21)19(15-16(2)3)24-23(22)7/h8,10,17-19H,2,9,11-15H2,1,3-7H3/b10-8+/t17?,18-,19+,20?,21?,22+/m0/s1. The van der Waals surface area contributed by atoms with Gasteiger partial charge in [0.05, 0.1) is 11.6 Å². The van der Waals surface area contributed by atoms with Crippen molar-refractivity contribution >= 4 is 0 Å². The number of hydrogen-bond donors (Lipinski definition) is 0. The number of nitrogens with zero attached hydrogens (tertiary/aromatic N) is 1. The molecule has 0 aromatic heterocycles. The van der Waals surface area contributed by atoms with E-state index in [9.17, 15) is 0 Å². The zero-order chi connectivity index (χ0) is 17.8. The Kier molecular flexibility index (Phi) is 4.54. The van der Waals surface area contributed by atoms with Crippen molar-refractivity contribution in [3.63, 3.8) is 0 Å². The monoisotopic (exact) mass is 331 g/mol. The zero-order valence-electron chi connectivity index (χ0n) is 16.7. The van der Waals surface area contributed by atoms with Crippen LogP contribution in [0, 0.1) is 22.7 Å². The summed E-state index contributed by atoms with van der Waals surface area (Å²) in [6, 6.07) is 0. The number of rotatable bonds is 4. The van der Waals surface area contributed by atoms with Crippen LogP contribution in [0.25, 0.3) is 0 Å². The van der Waals surface area contributed by atoms with Crippen LogP contribution in [-0.4, -0.2) is 23.8 Å². The van der Waals surface area contributed by atoms with Crippen molar-refractivity contribution in [1.82, 2.24) is 5.06 Å². The molecule has 3 rings (SSSR count). The van der Waals surface area contributed by atoms with Gasteiger partial charge in [-0.25, -0.2) is 0 Å². The molecule has 1 spiro atoms. The smallest absolute Gasteiger partial charge is 0.0904 e. The summed E-state index contributed by atoms with van der Waals surface area (Å²) in [5.74, 6) is 1.29. The van der Waals surface area contributed by atoms with Gasteiger partial charge in [0.15, 0.2) is 0 Å². The molecule has 2 heteroatoms. The highest BCUT2D eigenvalue weighted by atomic mass is 16.7. The molecule has 3 unspecified atom stereocenters. The lowest BCUT2D eigenvalue weighted by Gasteiger charge is -2.62. The van der Waals surface area contributed by atoms with Gasteiger partial charge in [-0.1, -0.05) is 44.9 Å². The van der Waals surface area contributed by atoms with Crippen molar-refractivity contribution in [2.24, 2.45) is 22.7 Å². The van der Waals surface area contributed by atoms with Crippen molar-refractivity contribution < 1.29 is 4.84 Å². The molecule has 3 aliphatic rings. The fourth-order valence-electron chi connectivity index (χ4n) is 7.09. The van der Waals surface area contributed by atoms with Gasteiger partial charge in [0.25, 0.3) is 0 Å². The first-order chi connectivity index (χ1) is 11.3. The van der Waals surface area contributed by atoms with Gasteiger partial charge in [-0.15, -0.1) is 6.58 Å². The van der Waals surface area contributed by atoms with Crippen molar-refractivity contribution in [2.75, 3.05) is 7.05 Å². The van der Waals surface area contributed by atoms with Crippen LogP contribution in [-0.2, 0) is 4.84 Å². The maximum atomic E-state index is 6.60. The van der Waals surface area contributed by atoms with Crippen molar-refractivity contribution in [3.05, 3.63) is 24.3 Å². The average molecular weight is 332 g/mol. The first-order valence-corrected chi connectivity index (χ1v) is 9.94. The number of hydroxylamine groups is 2. The molecular formula is C22H37NO. The van der Waals surface area contributed by atoms with Gasteiger partial charge in [-0.3, -0.25) is 4.84 Å². The number of allylic oxidation sites excluding steroid dienone is 2. The van der Waals surface area contributed by atoms with Crippen LogP contribution < -0.4 is 0 Å². The summed E-state index contributed by atoms with van der Waals surface area (Å²) in [5.41, 5.74) is 1.95. The van der Waals surface area contributed by atoms with Gasteiger partial charge in [0.2, 0.25) is 0 Å². The Hall–Kier alpha value is -0.600. The molecule has 1 saturated heterocycles. The largest absolute Gasteiger partial charge is 0.294 e. The topological polar surface area (TPSA) is 12.5 Å². The summed E-state index contributed by atoms with van der Waals surface area (Å²) >= 11 is 0. The SMILES string of the molecule is C=C(C)C[C@H]1ON(C)[C@@]23CCCC2([C@@H](C)/C=C/C)CCC(C)C13C. The number of hydrogen-bond acceptors (Lipinski definition) is 2. The van der Waals surface area contributed by atoms with E-state index in [1.54, 1.807) is 0 Å². The lowest BCUT2D eigenvalue weighted by molar-refractivity contribution is -0.206. The van der Waals surface area contributed by atoms with Crippen LogP contribution in [0.2, 0.25) is 0 Å². The molecule has 3 fully saturated rings. The minimum Gasteiger partial charge on any atom is -0.294 e. The molecule has 1 heterocycles. The molecule has 2 aliphatic carbocycles. The summed E-state index contributed by atoms with van der Waals surface area (Å²) in [6.45, 7) is 16.0.